The minimum Gasteiger partial charge on any atom is -0.454 e. The van der Waals surface area contributed by atoms with Crippen LogP contribution in [0.25, 0.3) is 55.4 Å². The monoisotopic (exact) mass is 494 g/mol. The average Bonchev–Trinajstić information content (AvgIpc) is 3.32. The first kappa shape index (κ1) is 23.6. The predicted octanol–water partition coefficient (Wildman–Crippen LogP) is 8.11. The average molecular weight is 495 g/mol. The van der Waals surface area contributed by atoms with Crippen molar-refractivity contribution in [2.75, 3.05) is 0 Å². The maximum absolute atomic E-state index is 10.0. The number of nitrogens with zero attached hydrogens (tertiary/aromatic N) is 3. The Morgan fingerprint density at radius 1 is 0.789 bits per heavy atom. The summed E-state index contributed by atoms with van der Waals surface area (Å²) in [5.41, 5.74) is 10.8. The Morgan fingerprint density at radius 2 is 1.42 bits per heavy atom. The van der Waals surface area contributed by atoms with E-state index in [1.54, 1.807) is 12.4 Å². The second-order valence-corrected chi connectivity index (χ2v) is 10.1. The van der Waals surface area contributed by atoms with E-state index in [-0.39, 0.29) is 0 Å². The number of pyridine rings is 2. The lowest BCUT2D eigenvalue weighted by Gasteiger charge is -2.09. The Kier molecular flexibility index (Phi) is 5.77. The van der Waals surface area contributed by atoms with Crippen LogP contribution in [0.15, 0.2) is 95.8 Å². The molecular weight excluding hydrogens is 466 g/mol. The molecule has 38 heavy (non-hydrogen) atoms. The Labute approximate surface area is 222 Å². The molecule has 0 amide bonds. The summed E-state index contributed by atoms with van der Waals surface area (Å²) in [6.07, 6.45) is 5.71. The minimum absolute atomic E-state index is 0.421. The van der Waals surface area contributed by atoms with Gasteiger partial charge in [0, 0.05) is 40.9 Å². The molecule has 0 saturated heterocycles. The molecule has 0 unspecified atom stereocenters. The van der Waals surface area contributed by atoms with Gasteiger partial charge in [-0.2, -0.15) is 5.26 Å². The summed E-state index contributed by atoms with van der Waals surface area (Å²) in [5.74, 6) is 0.421. The number of aromatic nitrogens is 2. The van der Waals surface area contributed by atoms with E-state index in [2.05, 4.69) is 98.2 Å². The van der Waals surface area contributed by atoms with Crippen LogP contribution in [0.2, 0.25) is 0 Å². The van der Waals surface area contributed by atoms with Crippen LogP contribution in [-0.4, -0.2) is 4.98 Å². The fraction of sp³-hybridized carbons (Fsp3) is 0.147. The summed E-state index contributed by atoms with van der Waals surface area (Å²) in [6, 6.07) is 27.3. The van der Waals surface area contributed by atoms with Gasteiger partial charge in [0.1, 0.15) is 18.2 Å². The van der Waals surface area contributed by atoms with Crippen LogP contribution in [0.3, 0.4) is 0 Å². The molecule has 3 heterocycles. The van der Waals surface area contributed by atoms with Gasteiger partial charge in [-0.25, -0.2) is 4.57 Å². The van der Waals surface area contributed by atoms with Crippen molar-refractivity contribution in [3.05, 3.63) is 108 Å². The van der Waals surface area contributed by atoms with Crippen molar-refractivity contribution < 1.29 is 8.98 Å². The highest BCUT2D eigenvalue weighted by Gasteiger charge is 2.23. The maximum atomic E-state index is 10.0. The van der Waals surface area contributed by atoms with Crippen LogP contribution in [0.5, 0.6) is 0 Å². The molecular formula is C34H28N3O+. The minimum atomic E-state index is 0.421. The maximum Gasteiger partial charge on any atom is 0.216 e. The summed E-state index contributed by atoms with van der Waals surface area (Å²) in [7, 11) is 2.07. The van der Waals surface area contributed by atoms with Gasteiger partial charge in [-0.05, 0) is 64.9 Å². The van der Waals surface area contributed by atoms with Crippen molar-refractivity contribution in [1.82, 2.24) is 4.98 Å². The van der Waals surface area contributed by atoms with E-state index >= 15 is 0 Å². The number of aryl methyl sites for hydroxylation is 2. The first-order chi connectivity index (χ1) is 18.5. The van der Waals surface area contributed by atoms with Crippen molar-refractivity contribution in [3.63, 3.8) is 0 Å². The number of hydrogen-bond acceptors (Lipinski definition) is 3. The summed E-state index contributed by atoms with van der Waals surface area (Å²) in [4.78, 5) is 4.12. The molecule has 3 aromatic carbocycles. The van der Waals surface area contributed by atoms with E-state index in [0.717, 1.165) is 61.0 Å². The zero-order valence-electron chi connectivity index (χ0n) is 22.0. The highest BCUT2D eigenvalue weighted by Crippen LogP contribution is 2.42. The molecule has 6 aromatic rings. The number of furan rings is 1. The standard InChI is InChI=1S/C34H28N3O/c1-21(2)26-15-18-37(4)30(19-26)31-22(3)5-11-28-29-12-10-27(20-35)32(34(29)38-33(28)31)25-8-6-23(7-9-25)24-13-16-36-17-14-24/h5-19,21H,1-4H3/q+1. The first-order valence-electron chi connectivity index (χ1n) is 12.9. The fourth-order valence-corrected chi connectivity index (χ4v) is 5.27. The second kappa shape index (κ2) is 9.28. The normalized spacial score (nSPS) is 11.4. The number of rotatable bonds is 4. The molecule has 0 N–H and O–H groups in total. The van der Waals surface area contributed by atoms with Gasteiger partial charge in [0.05, 0.1) is 17.2 Å². The van der Waals surface area contributed by atoms with Crippen molar-refractivity contribution in [3.8, 4) is 39.6 Å². The van der Waals surface area contributed by atoms with E-state index in [9.17, 15) is 5.26 Å². The molecule has 0 aliphatic rings. The second-order valence-electron chi connectivity index (χ2n) is 10.1. The van der Waals surface area contributed by atoms with E-state index < -0.39 is 0 Å². The van der Waals surface area contributed by atoms with E-state index in [1.165, 1.54) is 5.56 Å². The number of benzene rings is 3. The summed E-state index contributed by atoms with van der Waals surface area (Å²) in [5, 5.41) is 12.1. The summed E-state index contributed by atoms with van der Waals surface area (Å²) < 4.78 is 8.90. The zero-order chi connectivity index (χ0) is 26.4. The number of nitriles is 1. The molecule has 4 nitrogen and oxygen atoms in total. The molecule has 0 atom stereocenters. The summed E-state index contributed by atoms with van der Waals surface area (Å²) >= 11 is 0. The quantitative estimate of drug-likeness (QED) is 0.233. The molecule has 184 valence electrons. The van der Waals surface area contributed by atoms with Gasteiger partial charge < -0.3 is 4.42 Å². The lowest BCUT2D eigenvalue weighted by atomic mass is 9.94. The van der Waals surface area contributed by atoms with Crippen molar-refractivity contribution >= 4 is 21.9 Å². The molecule has 0 aliphatic carbocycles. The molecule has 0 bridgehead atoms. The first-order valence-corrected chi connectivity index (χ1v) is 12.9. The van der Waals surface area contributed by atoms with Crippen molar-refractivity contribution in [2.24, 2.45) is 7.05 Å². The van der Waals surface area contributed by atoms with Gasteiger partial charge in [0.25, 0.3) is 0 Å². The molecule has 0 fully saturated rings. The number of fused-ring (bicyclic) bond motifs is 3. The highest BCUT2D eigenvalue weighted by atomic mass is 16.3. The molecule has 0 saturated carbocycles. The Balaban J connectivity index is 1.60. The Bertz CT molecular complexity index is 1860. The van der Waals surface area contributed by atoms with Crippen LogP contribution in [0.1, 0.15) is 36.5 Å². The lowest BCUT2D eigenvalue weighted by molar-refractivity contribution is -0.660. The van der Waals surface area contributed by atoms with Gasteiger partial charge in [0.2, 0.25) is 5.69 Å². The Morgan fingerprint density at radius 3 is 2.11 bits per heavy atom. The lowest BCUT2D eigenvalue weighted by Crippen LogP contribution is -2.31. The fourth-order valence-electron chi connectivity index (χ4n) is 5.27. The van der Waals surface area contributed by atoms with E-state index in [1.807, 2.05) is 24.3 Å². The molecule has 0 radical (unpaired) electrons. The highest BCUT2D eigenvalue weighted by molar-refractivity contribution is 6.14. The molecule has 0 aliphatic heterocycles. The topological polar surface area (TPSA) is 53.7 Å². The van der Waals surface area contributed by atoms with Gasteiger partial charge in [0.15, 0.2) is 6.20 Å². The van der Waals surface area contributed by atoms with Gasteiger partial charge in [-0.1, -0.05) is 50.2 Å². The molecule has 6 rings (SSSR count). The molecule has 4 heteroatoms. The van der Waals surface area contributed by atoms with Gasteiger partial charge in [-0.3, -0.25) is 4.98 Å². The SMILES string of the molecule is Cc1ccc2c(oc3c(-c4ccc(-c5ccncc5)cc4)c(C#N)ccc32)c1-c1cc(C(C)C)cc[n+]1C. The van der Waals surface area contributed by atoms with Crippen molar-refractivity contribution in [2.45, 2.75) is 26.7 Å². The van der Waals surface area contributed by atoms with Crippen molar-refractivity contribution in [1.29, 1.82) is 5.26 Å². The van der Waals surface area contributed by atoms with Crippen LogP contribution >= 0.6 is 0 Å². The third-order valence-electron chi connectivity index (χ3n) is 7.42. The van der Waals surface area contributed by atoms with Crippen LogP contribution in [0.4, 0.5) is 0 Å². The van der Waals surface area contributed by atoms with Gasteiger partial charge in [-0.15, -0.1) is 0 Å². The van der Waals surface area contributed by atoms with Crippen LogP contribution in [0, 0.1) is 18.3 Å². The zero-order valence-corrected chi connectivity index (χ0v) is 22.0. The Hall–Kier alpha value is -4.75. The van der Waals surface area contributed by atoms with E-state index in [0.29, 0.717) is 11.5 Å². The molecule has 3 aromatic heterocycles. The van der Waals surface area contributed by atoms with Crippen LogP contribution in [-0.2, 0) is 7.05 Å². The predicted molar refractivity (Wildman–Crippen MR) is 153 cm³/mol. The number of hydrogen-bond donors (Lipinski definition) is 0. The third kappa shape index (κ3) is 3.84. The van der Waals surface area contributed by atoms with E-state index in [4.69, 9.17) is 4.42 Å². The van der Waals surface area contributed by atoms with Gasteiger partial charge >= 0.3 is 0 Å². The summed E-state index contributed by atoms with van der Waals surface area (Å²) in [6.45, 7) is 6.55. The molecule has 0 spiro atoms. The third-order valence-corrected chi connectivity index (χ3v) is 7.42. The smallest absolute Gasteiger partial charge is 0.216 e. The van der Waals surface area contributed by atoms with Crippen LogP contribution < -0.4 is 4.57 Å². The largest absolute Gasteiger partial charge is 0.454 e.